The highest BCUT2D eigenvalue weighted by atomic mass is 31.2. The maximum Gasteiger partial charge on any atom is 0.509 e. The van der Waals surface area contributed by atoms with Gasteiger partial charge in [-0.1, -0.05) is 0 Å². The Morgan fingerprint density at radius 1 is 1.14 bits per heavy atom. The predicted molar refractivity (Wildman–Crippen MR) is 69.3 cm³/mol. The van der Waals surface area contributed by atoms with E-state index in [1.807, 2.05) is 0 Å². The Hall–Kier alpha value is -0.760. The van der Waals surface area contributed by atoms with Crippen molar-refractivity contribution in [2.75, 3.05) is 0 Å². The summed E-state index contributed by atoms with van der Waals surface area (Å²) in [5.74, 6) is 0. The van der Waals surface area contributed by atoms with Gasteiger partial charge in [0.2, 0.25) is 6.29 Å². The van der Waals surface area contributed by atoms with E-state index in [-0.39, 0.29) is 0 Å². The summed E-state index contributed by atoms with van der Waals surface area (Å²) >= 11 is 0. The van der Waals surface area contributed by atoms with Crippen LogP contribution in [0.5, 0.6) is 0 Å². The number of hydrogen-bond donors (Lipinski definition) is 4. The maximum atomic E-state index is 11.3. The van der Waals surface area contributed by atoms with Crippen molar-refractivity contribution in [2.24, 2.45) is 0 Å². The van der Waals surface area contributed by atoms with Gasteiger partial charge < -0.3 is 29.0 Å². The number of carbonyl (C=O) groups is 1. The Morgan fingerprint density at radius 3 is 1.86 bits per heavy atom. The molecule has 0 fully saturated rings. The van der Waals surface area contributed by atoms with Gasteiger partial charge in [-0.15, -0.1) is 0 Å². The molecule has 0 bridgehead atoms. The van der Waals surface area contributed by atoms with Crippen LogP contribution in [0.2, 0.25) is 0 Å². The maximum absolute atomic E-state index is 11.3. The molecule has 0 aromatic heterocycles. The molecule has 1 unspecified atom stereocenters. The van der Waals surface area contributed by atoms with Gasteiger partial charge in [-0.05, 0) is 20.8 Å². The van der Waals surface area contributed by atoms with Crippen LogP contribution in [0, 0.1) is 0 Å². The third-order valence-corrected chi connectivity index (χ3v) is 5.74. The molecule has 12 heteroatoms. The smallest absolute Gasteiger partial charge is 0.429 e. The minimum Gasteiger partial charge on any atom is -0.429 e. The molecule has 0 aromatic carbocycles. The van der Waals surface area contributed by atoms with Crippen molar-refractivity contribution in [3.05, 3.63) is 0 Å². The van der Waals surface area contributed by atoms with Crippen molar-refractivity contribution < 1.29 is 47.8 Å². The Kier molecular flexibility index (Phi) is 6.75. The molecule has 0 aliphatic heterocycles. The first-order valence-electron chi connectivity index (χ1n) is 5.54. The third kappa shape index (κ3) is 8.31. The number of rotatable bonds is 6. The zero-order valence-corrected chi connectivity index (χ0v) is 13.3. The van der Waals surface area contributed by atoms with E-state index in [1.165, 1.54) is 20.8 Å². The summed E-state index contributed by atoms with van der Waals surface area (Å²) in [7, 11) is -10.4. The second-order valence-corrected chi connectivity index (χ2v) is 9.09. The Balaban J connectivity index is 4.98. The first kappa shape index (κ1) is 20.2. The van der Waals surface area contributed by atoms with Gasteiger partial charge in [0, 0.05) is 6.42 Å². The van der Waals surface area contributed by atoms with Crippen LogP contribution < -0.4 is 0 Å². The van der Waals surface area contributed by atoms with Crippen LogP contribution in [0.1, 0.15) is 27.2 Å². The minimum atomic E-state index is -5.22. The average molecular weight is 347 g/mol. The second-order valence-electron chi connectivity index (χ2n) is 5.08. The molecular weight excluding hydrogens is 330 g/mol. The standard InChI is InChI=1S/C9H17O10P2/c1-9(2,3)19-8(11)18-6(5-10)4-7(20(12,13)14)21(15,16)17/h6-7H,4H2,1-3H3,(H2,12,13,14)(H2,15,16,17). The highest BCUT2D eigenvalue weighted by Gasteiger charge is 2.45. The fourth-order valence-corrected chi connectivity index (χ4v) is 3.67. The van der Waals surface area contributed by atoms with Crippen LogP contribution in [-0.2, 0) is 23.4 Å². The lowest BCUT2D eigenvalue weighted by Gasteiger charge is -2.23. The average Bonchev–Trinajstić information content (AvgIpc) is 2.17. The molecule has 10 nitrogen and oxygen atoms in total. The summed E-state index contributed by atoms with van der Waals surface area (Å²) in [6, 6.07) is 0. The summed E-state index contributed by atoms with van der Waals surface area (Å²) in [6.45, 7) is 4.51. The highest BCUT2D eigenvalue weighted by molar-refractivity contribution is 7.70. The summed E-state index contributed by atoms with van der Waals surface area (Å²) < 4.78 is 31.2. The minimum absolute atomic E-state index is 0.948. The van der Waals surface area contributed by atoms with Gasteiger partial charge in [-0.3, -0.25) is 13.9 Å². The van der Waals surface area contributed by atoms with E-state index in [1.54, 1.807) is 0 Å². The fourth-order valence-electron chi connectivity index (χ4n) is 1.17. The second kappa shape index (κ2) is 7.00. The first-order chi connectivity index (χ1) is 9.16. The molecule has 1 radical (unpaired) electrons. The molecule has 123 valence electrons. The van der Waals surface area contributed by atoms with Crippen LogP contribution in [0.4, 0.5) is 4.79 Å². The molecule has 0 saturated carbocycles. The van der Waals surface area contributed by atoms with Gasteiger partial charge in [-0.2, -0.15) is 0 Å². The van der Waals surface area contributed by atoms with Gasteiger partial charge in [0.15, 0.2) is 11.5 Å². The van der Waals surface area contributed by atoms with Crippen molar-refractivity contribution in [3.8, 4) is 0 Å². The van der Waals surface area contributed by atoms with E-state index in [0.717, 1.165) is 6.29 Å². The molecule has 0 spiro atoms. The molecule has 0 aromatic rings. The lowest BCUT2D eigenvalue weighted by molar-refractivity contribution is -0.0166. The Bertz CT molecular complexity index is 447. The predicted octanol–water partition coefficient (Wildman–Crippen LogP) is 0.488. The molecule has 21 heavy (non-hydrogen) atoms. The number of ether oxygens (including phenoxy) is 2. The van der Waals surface area contributed by atoms with Crippen molar-refractivity contribution in [3.63, 3.8) is 0 Å². The highest BCUT2D eigenvalue weighted by Crippen LogP contribution is 2.61. The number of hydrogen-bond acceptors (Lipinski definition) is 6. The van der Waals surface area contributed by atoms with Gasteiger partial charge >= 0.3 is 21.3 Å². The fraction of sp³-hybridized carbons (Fsp3) is 0.778. The van der Waals surface area contributed by atoms with E-state index in [4.69, 9.17) is 24.3 Å². The first-order valence-corrected chi connectivity index (χ1v) is 8.91. The Labute approximate surface area is 120 Å². The number of carbonyl (C=O) groups excluding carboxylic acids is 2. The molecular formula is C9H17O10P2. The van der Waals surface area contributed by atoms with Crippen molar-refractivity contribution >= 4 is 27.6 Å². The SMILES string of the molecule is CC(C)(C)OC(=O)OC([C]=O)CC(P(=O)(O)O)P(=O)(O)O. The van der Waals surface area contributed by atoms with Crippen molar-refractivity contribution in [2.45, 2.75) is 44.3 Å². The van der Waals surface area contributed by atoms with Crippen LogP contribution in [0.15, 0.2) is 0 Å². The topological polar surface area (TPSA) is 168 Å². The van der Waals surface area contributed by atoms with E-state index < -0.39 is 44.9 Å². The van der Waals surface area contributed by atoms with Gasteiger partial charge in [0.25, 0.3) is 0 Å². The summed E-state index contributed by atoms with van der Waals surface area (Å²) in [5.41, 5.74) is -0.948. The van der Waals surface area contributed by atoms with E-state index >= 15 is 0 Å². The van der Waals surface area contributed by atoms with Crippen molar-refractivity contribution in [1.29, 1.82) is 0 Å². The van der Waals surface area contributed by atoms with Crippen molar-refractivity contribution in [1.82, 2.24) is 0 Å². The summed E-state index contributed by atoms with van der Waals surface area (Å²) in [5, 5.41) is -2.47. The summed E-state index contributed by atoms with van der Waals surface area (Å²) in [6.07, 6.45) is -3.16. The zero-order valence-electron chi connectivity index (χ0n) is 11.5. The summed E-state index contributed by atoms with van der Waals surface area (Å²) in [4.78, 5) is 57.5. The largest absolute Gasteiger partial charge is 0.509 e. The molecule has 1 atom stereocenters. The molecule has 0 rings (SSSR count). The van der Waals surface area contributed by atoms with Crippen LogP contribution in [0.25, 0.3) is 0 Å². The van der Waals surface area contributed by atoms with E-state index in [9.17, 15) is 18.7 Å². The molecule has 0 saturated heterocycles. The van der Waals surface area contributed by atoms with Crippen LogP contribution >= 0.6 is 15.2 Å². The van der Waals surface area contributed by atoms with Crippen LogP contribution in [-0.4, -0.2) is 49.1 Å². The Morgan fingerprint density at radius 2 is 1.57 bits per heavy atom. The van der Waals surface area contributed by atoms with E-state index in [0.29, 0.717) is 0 Å². The molecule has 0 aliphatic rings. The lowest BCUT2D eigenvalue weighted by atomic mass is 10.2. The monoisotopic (exact) mass is 347 g/mol. The third-order valence-electron chi connectivity index (χ3n) is 1.96. The quantitative estimate of drug-likeness (QED) is 0.392. The molecule has 0 heterocycles. The lowest BCUT2D eigenvalue weighted by Crippen LogP contribution is -2.30. The van der Waals surface area contributed by atoms with Gasteiger partial charge in [0.1, 0.15) is 5.60 Å². The van der Waals surface area contributed by atoms with Gasteiger partial charge in [-0.25, -0.2) is 4.79 Å². The normalized spacial score (nSPS) is 14.7. The van der Waals surface area contributed by atoms with E-state index in [2.05, 4.69) is 4.74 Å². The molecule has 0 aliphatic carbocycles. The zero-order chi connectivity index (χ0) is 17.1. The molecule has 0 amide bonds. The molecule has 4 N–H and O–H groups in total. The van der Waals surface area contributed by atoms with Gasteiger partial charge in [0.05, 0.1) is 0 Å². The van der Waals surface area contributed by atoms with Crippen LogP contribution in [0.3, 0.4) is 0 Å².